The molecule has 0 bridgehead atoms. The van der Waals surface area contributed by atoms with Crippen molar-refractivity contribution in [2.75, 3.05) is 13.2 Å². The van der Waals surface area contributed by atoms with Gasteiger partial charge in [0.15, 0.2) is 6.10 Å². The van der Waals surface area contributed by atoms with Crippen LogP contribution in [0.1, 0.15) is 361 Å². The first-order valence-electron chi connectivity index (χ1n) is 35.6. The molecule has 0 aliphatic rings. The summed E-state index contributed by atoms with van der Waals surface area (Å²) >= 11 is 0. The van der Waals surface area contributed by atoms with Crippen LogP contribution >= 0.6 is 0 Å². The topological polar surface area (TPSA) is 78.9 Å². The number of ether oxygens (including phenoxy) is 3. The summed E-state index contributed by atoms with van der Waals surface area (Å²) in [5.41, 5.74) is 0. The van der Waals surface area contributed by atoms with E-state index in [0.29, 0.717) is 19.3 Å². The molecule has 0 N–H and O–H groups in total. The molecule has 0 amide bonds. The molecule has 0 heterocycles. The van der Waals surface area contributed by atoms with Gasteiger partial charge in [-0.25, -0.2) is 0 Å². The van der Waals surface area contributed by atoms with Crippen molar-refractivity contribution in [2.45, 2.75) is 367 Å². The maximum atomic E-state index is 12.9. The Labute approximate surface area is 509 Å². The number of hydrogen-bond acceptors (Lipinski definition) is 6. The van der Waals surface area contributed by atoms with Gasteiger partial charge in [-0.1, -0.05) is 337 Å². The summed E-state index contributed by atoms with van der Waals surface area (Å²) in [6.45, 7) is 6.50. The highest BCUT2D eigenvalue weighted by atomic mass is 16.6. The van der Waals surface area contributed by atoms with Gasteiger partial charge in [-0.15, -0.1) is 0 Å². The maximum Gasteiger partial charge on any atom is 0.306 e. The molecule has 0 aliphatic carbocycles. The number of rotatable bonds is 65. The molecule has 82 heavy (non-hydrogen) atoms. The first kappa shape index (κ1) is 78.6. The summed E-state index contributed by atoms with van der Waals surface area (Å²) in [7, 11) is 0. The molecule has 0 aromatic carbocycles. The van der Waals surface area contributed by atoms with E-state index in [1.807, 2.05) is 0 Å². The van der Waals surface area contributed by atoms with E-state index in [1.54, 1.807) is 0 Å². The Morgan fingerprint density at radius 3 is 0.793 bits per heavy atom. The predicted octanol–water partition coefficient (Wildman–Crippen LogP) is 24.6. The van der Waals surface area contributed by atoms with E-state index < -0.39 is 6.10 Å². The highest BCUT2D eigenvalue weighted by molar-refractivity contribution is 5.71. The lowest BCUT2D eigenvalue weighted by molar-refractivity contribution is -0.167. The van der Waals surface area contributed by atoms with Crippen LogP contribution in [0.2, 0.25) is 0 Å². The van der Waals surface area contributed by atoms with Crippen molar-refractivity contribution in [1.82, 2.24) is 0 Å². The maximum absolute atomic E-state index is 12.9. The molecule has 0 aromatic heterocycles. The number of carbonyl (C=O) groups excluding carboxylic acids is 3. The van der Waals surface area contributed by atoms with Crippen molar-refractivity contribution in [1.29, 1.82) is 0 Å². The van der Waals surface area contributed by atoms with Crippen LogP contribution < -0.4 is 0 Å². The summed E-state index contributed by atoms with van der Waals surface area (Å²) in [6, 6.07) is 0. The second-order valence-corrected chi connectivity index (χ2v) is 23.8. The fourth-order valence-electron chi connectivity index (χ4n) is 10.3. The lowest BCUT2D eigenvalue weighted by Crippen LogP contribution is -2.30. The summed E-state index contributed by atoms with van der Waals surface area (Å²) in [5.74, 6) is -0.868. The largest absolute Gasteiger partial charge is 0.462 e. The van der Waals surface area contributed by atoms with Crippen molar-refractivity contribution in [3.8, 4) is 0 Å². The molecular formula is C76H134O6. The van der Waals surface area contributed by atoms with E-state index in [0.717, 1.165) is 116 Å². The van der Waals surface area contributed by atoms with E-state index in [1.165, 1.54) is 205 Å². The lowest BCUT2D eigenvalue weighted by Gasteiger charge is -2.18. The molecule has 6 heteroatoms. The number of hydrogen-bond donors (Lipinski definition) is 0. The molecule has 0 rings (SSSR count). The Kier molecular flexibility index (Phi) is 67.2. The minimum Gasteiger partial charge on any atom is -0.462 e. The molecule has 6 nitrogen and oxygen atoms in total. The van der Waals surface area contributed by atoms with Crippen LogP contribution in [-0.4, -0.2) is 37.2 Å². The molecule has 0 saturated heterocycles. The standard InChI is InChI=1S/C76H134O6/c1-4-7-10-13-16-19-22-25-27-29-31-32-33-34-35-36-37-38-39-40-41-42-43-44-45-47-48-51-54-57-60-63-66-69-75(78)81-72-73(71-80-74(77)68-65-62-59-56-53-50-24-21-18-15-12-9-6-3)82-76(79)70-67-64-61-58-55-52-49-46-30-28-26-23-20-17-14-11-8-5-2/h7,10,12,15-16,19,21,24-25,27,31-32,34-35,73H,4-6,8-9,11,13-14,17-18,20,22-23,26,28-30,33,36-72H2,1-3H3/b10-7-,15-12-,19-16-,24-21-,27-25-,32-31-,35-34-. The zero-order chi connectivity index (χ0) is 59.2. The van der Waals surface area contributed by atoms with Gasteiger partial charge < -0.3 is 14.2 Å². The number of allylic oxidation sites excluding steroid dienone is 14. The quantitative estimate of drug-likeness (QED) is 0.0261. The molecule has 0 aliphatic heterocycles. The van der Waals surface area contributed by atoms with Gasteiger partial charge in [0.1, 0.15) is 13.2 Å². The Bertz CT molecular complexity index is 1550. The predicted molar refractivity (Wildman–Crippen MR) is 358 cm³/mol. The third-order valence-corrected chi connectivity index (χ3v) is 15.6. The van der Waals surface area contributed by atoms with E-state index in [2.05, 4.69) is 106 Å². The summed E-state index contributed by atoms with van der Waals surface area (Å²) in [5, 5.41) is 0. The summed E-state index contributed by atoms with van der Waals surface area (Å²) in [6.07, 6.45) is 93.3. The van der Waals surface area contributed by atoms with Gasteiger partial charge in [0.05, 0.1) is 0 Å². The van der Waals surface area contributed by atoms with E-state index in [4.69, 9.17) is 14.2 Å². The lowest BCUT2D eigenvalue weighted by atomic mass is 10.0. The van der Waals surface area contributed by atoms with Crippen molar-refractivity contribution in [3.63, 3.8) is 0 Å². The number of esters is 3. The van der Waals surface area contributed by atoms with Crippen molar-refractivity contribution in [3.05, 3.63) is 85.1 Å². The molecule has 1 atom stereocenters. The summed E-state index contributed by atoms with van der Waals surface area (Å²) < 4.78 is 17.0. The normalized spacial score (nSPS) is 12.6. The van der Waals surface area contributed by atoms with Crippen molar-refractivity contribution in [2.24, 2.45) is 0 Å². The zero-order valence-electron chi connectivity index (χ0n) is 54.5. The van der Waals surface area contributed by atoms with Gasteiger partial charge in [-0.05, 0) is 89.9 Å². The summed E-state index contributed by atoms with van der Waals surface area (Å²) in [4.78, 5) is 38.4. The molecule has 0 fully saturated rings. The molecular weight excluding hydrogens is 1010 g/mol. The number of carbonyl (C=O) groups is 3. The molecule has 0 aromatic rings. The Morgan fingerprint density at radius 1 is 0.256 bits per heavy atom. The van der Waals surface area contributed by atoms with E-state index in [9.17, 15) is 14.4 Å². The third kappa shape index (κ3) is 67.4. The van der Waals surface area contributed by atoms with Crippen molar-refractivity contribution < 1.29 is 28.6 Å². The van der Waals surface area contributed by atoms with Crippen LogP contribution in [0.25, 0.3) is 0 Å². The minimum atomic E-state index is -0.780. The highest BCUT2D eigenvalue weighted by Crippen LogP contribution is 2.18. The van der Waals surface area contributed by atoms with Gasteiger partial charge >= 0.3 is 17.9 Å². The highest BCUT2D eigenvalue weighted by Gasteiger charge is 2.19. The van der Waals surface area contributed by atoms with Crippen LogP contribution in [0, 0.1) is 0 Å². The average Bonchev–Trinajstić information content (AvgIpc) is 3.47. The van der Waals surface area contributed by atoms with Gasteiger partial charge in [-0.3, -0.25) is 14.4 Å². The van der Waals surface area contributed by atoms with Gasteiger partial charge in [0, 0.05) is 19.3 Å². The first-order chi connectivity index (χ1) is 40.5. The van der Waals surface area contributed by atoms with Crippen LogP contribution in [-0.2, 0) is 28.6 Å². The average molecular weight is 1140 g/mol. The second-order valence-electron chi connectivity index (χ2n) is 23.8. The smallest absolute Gasteiger partial charge is 0.306 e. The Morgan fingerprint density at radius 2 is 0.500 bits per heavy atom. The minimum absolute atomic E-state index is 0.0755. The Hall–Kier alpha value is -3.41. The van der Waals surface area contributed by atoms with Gasteiger partial charge in [0.25, 0.3) is 0 Å². The molecule has 0 saturated carbocycles. The SMILES string of the molecule is CC/C=C\C/C=C\C/C=C\C/C=C\C/C=C\CCCCCCCCCCCCCCCCCCCC(=O)OCC(COC(=O)CCCCCCC/C=C\C/C=C\CCC)OC(=O)CCCCCCCCCCCCCCCCCCCC. The van der Waals surface area contributed by atoms with Crippen LogP contribution in [0.5, 0.6) is 0 Å². The fraction of sp³-hybridized carbons (Fsp3) is 0.776. The van der Waals surface area contributed by atoms with Crippen LogP contribution in [0.15, 0.2) is 85.1 Å². The number of unbranched alkanes of at least 4 members (excludes halogenated alkanes) is 40. The monoisotopic (exact) mass is 1140 g/mol. The van der Waals surface area contributed by atoms with Gasteiger partial charge in [-0.2, -0.15) is 0 Å². The van der Waals surface area contributed by atoms with Crippen molar-refractivity contribution >= 4 is 17.9 Å². The molecule has 0 radical (unpaired) electrons. The van der Waals surface area contributed by atoms with Crippen LogP contribution in [0.3, 0.4) is 0 Å². The van der Waals surface area contributed by atoms with Gasteiger partial charge in [0.2, 0.25) is 0 Å². The molecule has 1 unspecified atom stereocenters. The second kappa shape index (κ2) is 70.1. The Balaban J connectivity index is 4.16. The zero-order valence-corrected chi connectivity index (χ0v) is 54.5. The van der Waals surface area contributed by atoms with E-state index in [-0.39, 0.29) is 31.1 Å². The third-order valence-electron chi connectivity index (χ3n) is 15.6. The van der Waals surface area contributed by atoms with E-state index >= 15 is 0 Å². The fourth-order valence-corrected chi connectivity index (χ4v) is 10.3. The van der Waals surface area contributed by atoms with Crippen LogP contribution in [0.4, 0.5) is 0 Å². The first-order valence-corrected chi connectivity index (χ1v) is 35.6. The molecule has 0 spiro atoms. The molecule has 474 valence electrons.